The van der Waals surface area contributed by atoms with Crippen LogP contribution in [-0.2, 0) is 6.42 Å². The van der Waals surface area contributed by atoms with Crippen molar-refractivity contribution in [2.24, 2.45) is 4.99 Å². The van der Waals surface area contributed by atoms with Gasteiger partial charge in [0.15, 0.2) is 0 Å². The van der Waals surface area contributed by atoms with Crippen molar-refractivity contribution < 1.29 is 5.11 Å². The zero-order chi connectivity index (χ0) is 13.8. The lowest BCUT2D eigenvalue weighted by atomic mass is 10.1. The van der Waals surface area contributed by atoms with Crippen molar-refractivity contribution in [1.29, 1.82) is 0 Å². The smallest absolute Gasteiger partial charge is 0.328 e. The molecule has 0 aliphatic carbocycles. The molecule has 0 aliphatic heterocycles. The lowest BCUT2D eigenvalue weighted by Crippen LogP contribution is -2.24. The van der Waals surface area contributed by atoms with Crippen LogP contribution in [0.25, 0.3) is 0 Å². The molecule has 98 valence electrons. The van der Waals surface area contributed by atoms with Crippen LogP contribution in [0.3, 0.4) is 0 Å². The van der Waals surface area contributed by atoms with Crippen LogP contribution in [-0.4, -0.2) is 21.3 Å². The molecule has 0 saturated carbocycles. The first kappa shape index (κ1) is 12.8. The summed E-state index contributed by atoms with van der Waals surface area (Å²) in [6.45, 7) is 2.00. The van der Waals surface area contributed by atoms with Gasteiger partial charge in [0.1, 0.15) is 5.56 Å². The molecule has 0 unspecified atom stereocenters. The minimum Gasteiger partial charge on any atom is -0.494 e. The molecule has 0 spiro atoms. The Hall–Kier alpha value is -2.63. The maximum Gasteiger partial charge on any atom is 0.328 e. The first-order chi connectivity index (χ1) is 9.11. The monoisotopic (exact) mass is 259 g/mol. The largest absolute Gasteiger partial charge is 0.494 e. The highest BCUT2D eigenvalue weighted by molar-refractivity contribution is 5.84. The number of aryl methyl sites for hydroxylation is 1. The normalized spacial score (nSPS) is 11.0. The lowest BCUT2D eigenvalue weighted by molar-refractivity contribution is 0.447. The van der Waals surface area contributed by atoms with E-state index in [0.29, 0.717) is 0 Å². The van der Waals surface area contributed by atoms with E-state index in [1.54, 1.807) is 0 Å². The minimum absolute atomic E-state index is 0.0782. The van der Waals surface area contributed by atoms with Crippen LogP contribution < -0.4 is 11.2 Å². The predicted octanol–water partition coefficient (Wildman–Crippen LogP) is 1.08. The maximum absolute atomic E-state index is 11.5. The predicted molar refractivity (Wildman–Crippen MR) is 72.4 cm³/mol. The van der Waals surface area contributed by atoms with Crippen LogP contribution in [0, 0.1) is 0 Å². The number of hydrogen-bond acceptors (Lipinski definition) is 4. The van der Waals surface area contributed by atoms with Crippen LogP contribution in [0.5, 0.6) is 5.88 Å². The Bertz CT molecular complexity index is 728. The number of para-hydroxylation sites is 1. The average Bonchev–Trinajstić information content (AvgIpc) is 2.38. The van der Waals surface area contributed by atoms with Crippen molar-refractivity contribution in [2.45, 2.75) is 13.3 Å². The fraction of sp³-hybridized carbons (Fsp3) is 0.154. The standard InChI is InChI=1S/C13H13N3O3/c1-2-8-5-3-4-6-10(8)14-7-9-11(17)15-13(19)16-12(9)18/h3-7H,2H2,1H3,(H3,15,16,17,18,19). The van der Waals surface area contributed by atoms with Gasteiger partial charge >= 0.3 is 5.69 Å². The van der Waals surface area contributed by atoms with Crippen molar-refractivity contribution in [2.75, 3.05) is 0 Å². The quantitative estimate of drug-likeness (QED) is 0.719. The van der Waals surface area contributed by atoms with Gasteiger partial charge in [-0.2, -0.15) is 0 Å². The molecule has 2 rings (SSSR count). The van der Waals surface area contributed by atoms with E-state index in [0.717, 1.165) is 17.7 Å². The highest BCUT2D eigenvalue weighted by Crippen LogP contribution is 2.19. The third-order valence-corrected chi connectivity index (χ3v) is 2.66. The number of benzene rings is 1. The van der Waals surface area contributed by atoms with Crippen LogP contribution in [0.4, 0.5) is 5.69 Å². The van der Waals surface area contributed by atoms with E-state index in [1.807, 2.05) is 36.2 Å². The molecule has 0 fully saturated rings. The van der Waals surface area contributed by atoms with E-state index >= 15 is 0 Å². The van der Waals surface area contributed by atoms with Crippen molar-refractivity contribution in [3.63, 3.8) is 0 Å². The van der Waals surface area contributed by atoms with Crippen LogP contribution in [0.15, 0.2) is 38.8 Å². The molecule has 0 atom stereocenters. The number of H-pyrrole nitrogens is 2. The fourth-order valence-corrected chi connectivity index (χ4v) is 1.67. The van der Waals surface area contributed by atoms with E-state index in [1.165, 1.54) is 6.21 Å². The molecule has 6 nitrogen and oxygen atoms in total. The number of aliphatic imine (C=N–C) groups is 1. The van der Waals surface area contributed by atoms with Gasteiger partial charge in [-0.3, -0.25) is 19.8 Å². The van der Waals surface area contributed by atoms with Crippen molar-refractivity contribution >= 4 is 11.9 Å². The third kappa shape index (κ3) is 2.79. The molecule has 0 radical (unpaired) electrons. The van der Waals surface area contributed by atoms with Crippen molar-refractivity contribution in [1.82, 2.24) is 9.97 Å². The average molecular weight is 259 g/mol. The van der Waals surface area contributed by atoms with Gasteiger partial charge in [-0.05, 0) is 18.1 Å². The Balaban J connectivity index is 2.44. The first-order valence-corrected chi connectivity index (χ1v) is 5.79. The third-order valence-electron chi connectivity index (χ3n) is 2.66. The molecule has 3 N–H and O–H groups in total. The van der Waals surface area contributed by atoms with Gasteiger partial charge in [0.2, 0.25) is 5.88 Å². The number of rotatable bonds is 3. The van der Waals surface area contributed by atoms with Crippen LogP contribution >= 0.6 is 0 Å². The van der Waals surface area contributed by atoms with Crippen LogP contribution in [0.2, 0.25) is 0 Å². The van der Waals surface area contributed by atoms with Gasteiger partial charge in [-0.25, -0.2) is 4.79 Å². The Morgan fingerprint density at radius 2 is 2.00 bits per heavy atom. The Morgan fingerprint density at radius 3 is 2.68 bits per heavy atom. The van der Waals surface area contributed by atoms with Gasteiger partial charge in [0, 0.05) is 6.21 Å². The van der Waals surface area contributed by atoms with Gasteiger partial charge < -0.3 is 5.11 Å². The van der Waals surface area contributed by atoms with Gasteiger partial charge in [-0.1, -0.05) is 25.1 Å². The molecule has 2 aromatic rings. The van der Waals surface area contributed by atoms with Gasteiger partial charge in [0.05, 0.1) is 5.69 Å². The molecule has 1 heterocycles. The number of aromatic amines is 2. The summed E-state index contributed by atoms with van der Waals surface area (Å²) < 4.78 is 0. The molecule has 0 bridgehead atoms. The first-order valence-electron chi connectivity index (χ1n) is 5.79. The van der Waals surface area contributed by atoms with E-state index in [9.17, 15) is 14.7 Å². The van der Waals surface area contributed by atoms with Crippen molar-refractivity contribution in [3.8, 4) is 5.88 Å². The number of nitrogens with zero attached hydrogens (tertiary/aromatic N) is 1. The molecule has 0 amide bonds. The summed E-state index contributed by atoms with van der Waals surface area (Å²) in [5.74, 6) is -0.494. The van der Waals surface area contributed by atoms with Gasteiger partial charge in [0.25, 0.3) is 5.56 Å². The van der Waals surface area contributed by atoms with Crippen molar-refractivity contribution in [3.05, 3.63) is 56.2 Å². The molecule has 0 aliphatic rings. The van der Waals surface area contributed by atoms with Gasteiger partial charge in [-0.15, -0.1) is 0 Å². The Morgan fingerprint density at radius 1 is 1.26 bits per heavy atom. The molecule has 1 aromatic carbocycles. The summed E-state index contributed by atoms with van der Waals surface area (Å²) in [4.78, 5) is 30.7. The second kappa shape index (κ2) is 5.34. The summed E-state index contributed by atoms with van der Waals surface area (Å²) in [5, 5.41) is 9.51. The van der Waals surface area contributed by atoms with E-state index in [4.69, 9.17) is 0 Å². The van der Waals surface area contributed by atoms with E-state index < -0.39 is 17.1 Å². The second-order valence-electron chi connectivity index (χ2n) is 3.91. The zero-order valence-electron chi connectivity index (χ0n) is 10.3. The Labute approximate surface area is 108 Å². The number of hydrogen-bond donors (Lipinski definition) is 3. The molecular formula is C13H13N3O3. The molecular weight excluding hydrogens is 246 g/mol. The second-order valence-corrected chi connectivity index (χ2v) is 3.91. The number of nitrogens with one attached hydrogen (secondary N) is 2. The zero-order valence-corrected chi connectivity index (χ0v) is 10.3. The fourth-order valence-electron chi connectivity index (χ4n) is 1.67. The summed E-state index contributed by atoms with van der Waals surface area (Å²) in [7, 11) is 0. The van der Waals surface area contributed by atoms with Crippen LogP contribution in [0.1, 0.15) is 18.1 Å². The SMILES string of the molecule is CCc1ccccc1N=Cc1c(O)[nH]c(=O)[nH]c1=O. The summed E-state index contributed by atoms with van der Waals surface area (Å²) in [6, 6.07) is 7.49. The molecule has 6 heteroatoms. The highest BCUT2D eigenvalue weighted by atomic mass is 16.3. The number of aromatic nitrogens is 2. The lowest BCUT2D eigenvalue weighted by Gasteiger charge is -2.01. The maximum atomic E-state index is 11.5. The summed E-state index contributed by atoms with van der Waals surface area (Å²) in [5.41, 5.74) is 0.229. The molecule has 19 heavy (non-hydrogen) atoms. The topological polar surface area (TPSA) is 98.3 Å². The Kier molecular flexibility index (Phi) is 3.61. The van der Waals surface area contributed by atoms with E-state index in [2.05, 4.69) is 9.98 Å². The minimum atomic E-state index is -0.756. The van der Waals surface area contributed by atoms with E-state index in [-0.39, 0.29) is 5.56 Å². The molecule has 0 saturated heterocycles. The number of aromatic hydroxyl groups is 1. The molecule has 1 aromatic heterocycles. The highest BCUT2D eigenvalue weighted by Gasteiger charge is 2.05. The summed E-state index contributed by atoms with van der Waals surface area (Å²) in [6.07, 6.45) is 2.04. The summed E-state index contributed by atoms with van der Waals surface area (Å²) >= 11 is 0.